The highest BCUT2D eigenvalue weighted by Gasteiger charge is 2.09. The SMILES string of the molecule is Cc1ccc2cccc(OCC(=O)Nc3ccc(C#N)c(Cl)c3)c2n1. The number of halogens is 1. The van der Waals surface area contributed by atoms with Gasteiger partial charge in [0.1, 0.15) is 17.3 Å². The number of ether oxygens (including phenoxy) is 1. The molecule has 0 aliphatic heterocycles. The molecule has 1 N–H and O–H groups in total. The Hall–Kier alpha value is -3.10. The Bertz CT molecular complexity index is 996. The third-order valence-corrected chi connectivity index (χ3v) is 3.87. The Kier molecular flexibility index (Phi) is 4.82. The first-order valence-corrected chi connectivity index (χ1v) is 7.93. The Morgan fingerprint density at radius 3 is 2.88 bits per heavy atom. The highest BCUT2D eigenvalue weighted by atomic mass is 35.5. The zero-order valence-electron chi connectivity index (χ0n) is 13.4. The van der Waals surface area contributed by atoms with Crippen LogP contribution >= 0.6 is 11.6 Å². The van der Waals surface area contributed by atoms with E-state index in [1.54, 1.807) is 18.2 Å². The molecule has 0 aliphatic carbocycles. The maximum absolute atomic E-state index is 12.1. The monoisotopic (exact) mass is 351 g/mol. The van der Waals surface area contributed by atoms with Crippen LogP contribution in [0.5, 0.6) is 5.75 Å². The average molecular weight is 352 g/mol. The molecular formula is C19H14ClN3O2. The summed E-state index contributed by atoms with van der Waals surface area (Å²) in [5.74, 6) is 0.222. The number of hydrogen-bond acceptors (Lipinski definition) is 4. The molecule has 5 nitrogen and oxygen atoms in total. The van der Waals surface area contributed by atoms with Gasteiger partial charge < -0.3 is 10.1 Å². The van der Waals surface area contributed by atoms with Crippen molar-refractivity contribution in [2.24, 2.45) is 0 Å². The number of aryl methyl sites for hydroxylation is 1. The molecule has 0 aliphatic rings. The molecule has 0 fully saturated rings. The summed E-state index contributed by atoms with van der Waals surface area (Å²) < 4.78 is 5.62. The Balaban J connectivity index is 1.70. The minimum atomic E-state index is -0.328. The lowest BCUT2D eigenvalue weighted by Crippen LogP contribution is -2.20. The van der Waals surface area contributed by atoms with Crippen LogP contribution < -0.4 is 10.1 Å². The molecule has 2 aromatic carbocycles. The third-order valence-electron chi connectivity index (χ3n) is 3.55. The predicted octanol–water partition coefficient (Wildman–Crippen LogP) is 4.09. The van der Waals surface area contributed by atoms with E-state index < -0.39 is 0 Å². The number of carbonyl (C=O) groups excluding carboxylic acids is 1. The van der Waals surface area contributed by atoms with Crippen molar-refractivity contribution in [3.63, 3.8) is 0 Å². The fraction of sp³-hybridized carbons (Fsp3) is 0.105. The van der Waals surface area contributed by atoms with Crippen LogP contribution in [0.1, 0.15) is 11.3 Å². The number of nitriles is 1. The summed E-state index contributed by atoms with van der Waals surface area (Å²) >= 11 is 5.95. The molecule has 25 heavy (non-hydrogen) atoms. The standard InChI is InChI=1S/C19H14ClN3O2/c1-12-5-6-13-3-2-4-17(19(13)22-12)25-11-18(24)23-15-8-7-14(10-21)16(20)9-15/h2-9H,11H2,1H3,(H,23,24). The zero-order valence-corrected chi connectivity index (χ0v) is 14.2. The minimum absolute atomic E-state index is 0.160. The van der Waals surface area contributed by atoms with Gasteiger partial charge in [-0.2, -0.15) is 5.26 Å². The van der Waals surface area contributed by atoms with Gasteiger partial charge in [0.15, 0.2) is 6.61 Å². The van der Waals surface area contributed by atoms with Gasteiger partial charge in [0.05, 0.1) is 10.6 Å². The Morgan fingerprint density at radius 1 is 1.28 bits per heavy atom. The van der Waals surface area contributed by atoms with E-state index in [2.05, 4.69) is 10.3 Å². The van der Waals surface area contributed by atoms with Crippen LogP contribution in [0, 0.1) is 18.3 Å². The first-order valence-electron chi connectivity index (χ1n) is 7.55. The van der Waals surface area contributed by atoms with Gasteiger partial charge in [-0.1, -0.05) is 29.8 Å². The van der Waals surface area contributed by atoms with Gasteiger partial charge in [0, 0.05) is 16.8 Å². The van der Waals surface area contributed by atoms with E-state index in [1.165, 1.54) is 6.07 Å². The molecule has 3 aromatic rings. The van der Waals surface area contributed by atoms with E-state index in [-0.39, 0.29) is 17.5 Å². The minimum Gasteiger partial charge on any atom is -0.481 e. The number of aromatic nitrogens is 1. The summed E-state index contributed by atoms with van der Waals surface area (Å²) in [6.07, 6.45) is 0. The molecule has 0 saturated heterocycles. The summed E-state index contributed by atoms with van der Waals surface area (Å²) in [5.41, 5.74) is 2.45. The number of hydrogen-bond donors (Lipinski definition) is 1. The second-order valence-corrected chi connectivity index (χ2v) is 5.83. The molecule has 0 unspecified atom stereocenters. The van der Waals surface area contributed by atoms with Crippen LogP contribution in [0.2, 0.25) is 5.02 Å². The van der Waals surface area contributed by atoms with E-state index in [0.717, 1.165) is 16.6 Å². The molecule has 124 valence electrons. The zero-order chi connectivity index (χ0) is 17.8. The maximum Gasteiger partial charge on any atom is 0.262 e. The smallest absolute Gasteiger partial charge is 0.262 e. The van der Waals surface area contributed by atoms with Gasteiger partial charge in [-0.15, -0.1) is 0 Å². The number of fused-ring (bicyclic) bond motifs is 1. The normalized spacial score (nSPS) is 10.3. The highest BCUT2D eigenvalue weighted by molar-refractivity contribution is 6.32. The van der Waals surface area contributed by atoms with Gasteiger partial charge in [0.2, 0.25) is 0 Å². The van der Waals surface area contributed by atoms with E-state index >= 15 is 0 Å². The van der Waals surface area contributed by atoms with Gasteiger partial charge >= 0.3 is 0 Å². The molecule has 3 rings (SSSR count). The van der Waals surface area contributed by atoms with Crippen molar-refractivity contribution in [2.75, 3.05) is 11.9 Å². The summed E-state index contributed by atoms with van der Waals surface area (Å²) in [6.45, 7) is 1.74. The molecule has 0 radical (unpaired) electrons. The number of nitrogens with zero attached hydrogens (tertiary/aromatic N) is 2. The molecule has 0 bridgehead atoms. The summed E-state index contributed by atoms with van der Waals surface area (Å²) in [6, 6.07) is 16.1. The highest BCUT2D eigenvalue weighted by Crippen LogP contribution is 2.24. The van der Waals surface area contributed by atoms with Crippen LogP contribution in [0.25, 0.3) is 10.9 Å². The van der Waals surface area contributed by atoms with Crippen LogP contribution in [-0.2, 0) is 4.79 Å². The lowest BCUT2D eigenvalue weighted by molar-refractivity contribution is -0.118. The van der Waals surface area contributed by atoms with E-state index in [0.29, 0.717) is 17.0 Å². The lowest BCUT2D eigenvalue weighted by Gasteiger charge is -2.10. The van der Waals surface area contributed by atoms with E-state index in [4.69, 9.17) is 21.6 Å². The maximum atomic E-state index is 12.1. The third kappa shape index (κ3) is 3.87. The number of nitrogens with one attached hydrogen (secondary N) is 1. The molecule has 0 saturated carbocycles. The second-order valence-electron chi connectivity index (χ2n) is 5.42. The molecule has 6 heteroatoms. The predicted molar refractivity (Wildman–Crippen MR) is 96.8 cm³/mol. The first-order chi connectivity index (χ1) is 12.1. The van der Waals surface area contributed by atoms with Gasteiger partial charge in [-0.05, 0) is 37.3 Å². The van der Waals surface area contributed by atoms with Crippen LogP contribution in [-0.4, -0.2) is 17.5 Å². The number of para-hydroxylation sites is 1. The first kappa shape index (κ1) is 16.7. The topological polar surface area (TPSA) is 75.0 Å². The van der Waals surface area contributed by atoms with Crippen LogP contribution in [0.3, 0.4) is 0 Å². The number of pyridine rings is 1. The Morgan fingerprint density at radius 2 is 2.12 bits per heavy atom. The van der Waals surface area contributed by atoms with Crippen molar-refractivity contribution in [1.82, 2.24) is 4.98 Å². The number of amides is 1. The van der Waals surface area contributed by atoms with E-state index in [1.807, 2.05) is 37.3 Å². The number of rotatable bonds is 4. The van der Waals surface area contributed by atoms with Crippen molar-refractivity contribution >= 4 is 34.1 Å². The van der Waals surface area contributed by atoms with Crippen LogP contribution in [0.4, 0.5) is 5.69 Å². The molecule has 1 aromatic heterocycles. The molecular weight excluding hydrogens is 338 g/mol. The van der Waals surface area contributed by atoms with Crippen molar-refractivity contribution in [3.05, 3.63) is 64.8 Å². The largest absolute Gasteiger partial charge is 0.481 e. The molecule has 0 atom stereocenters. The Labute approximate surface area is 149 Å². The van der Waals surface area contributed by atoms with Gasteiger partial charge in [0.25, 0.3) is 5.91 Å². The van der Waals surface area contributed by atoms with Gasteiger partial charge in [-0.3, -0.25) is 4.79 Å². The molecule has 0 spiro atoms. The molecule has 1 amide bonds. The van der Waals surface area contributed by atoms with Crippen molar-refractivity contribution < 1.29 is 9.53 Å². The van der Waals surface area contributed by atoms with Crippen molar-refractivity contribution in [3.8, 4) is 11.8 Å². The van der Waals surface area contributed by atoms with Crippen molar-refractivity contribution in [1.29, 1.82) is 5.26 Å². The summed E-state index contributed by atoms with van der Waals surface area (Å²) in [7, 11) is 0. The van der Waals surface area contributed by atoms with Crippen molar-refractivity contribution in [2.45, 2.75) is 6.92 Å². The quantitative estimate of drug-likeness (QED) is 0.768. The average Bonchev–Trinajstić information content (AvgIpc) is 2.60. The van der Waals surface area contributed by atoms with Crippen LogP contribution in [0.15, 0.2) is 48.5 Å². The number of anilines is 1. The second kappa shape index (κ2) is 7.20. The fourth-order valence-electron chi connectivity index (χ4n) is 2.36. The molecule has 1 heterocycles. The summed E-state index contributed by atoms with van der Waals surface area (Å²) in [5, 5.41) is 12.8. The number of benzene rings is 2. The number of carbonyl (C=O) groups is 1. The van der Waals surface area contributed by atoms with Gasteiger partial charge in [-0.25, -0.2) is 4.98 Å². The van der Waals surface area contributed by atoms with E-state index in [9.17, 15) is 4.79 Å². The lowest BCUT2D eigenvalue weighted by atomic mass is 10.2. The fourth-order valence-corrected chi connectivity index (χ4v) is 2.58. The summed E-state index contributed by atoms with van der Waals surface area (Å²) in [4.78, 5) is 16.6.